The zero-order valence-electron chi connectivity index (χ0n) is 18.3. The molecule has 2 heterocycles. The molecule has 0 amide bonds. The topological polar surface area (TPSA) is 39.6 Å². The van der Waals surface area contributed by atoms with E-state index in [9.17, 15) is 5.11 Å². The van der Waals surface area contributed by atoms with Crippen LogP contribution in [0.3, 0.4) is 0 Å². The minimum Gasteiger partial charge on any atom is -0.508 e. The van der Waals surface area contributed by atoms with Gasteiger partial charge in [0.25, 0.3) is 0 Å². The van der Waals surface area contributed by atoms with Crippen LogP contribution in [0.25, 0.3) is 0 Å². The Labute approximate surface area is 186 Å². The Hall–Kier alpha value is -2.69. The summed E-state index contributed by atoms with van der Waals surface area (Å²) in [4.78, 5) is 9.45. The molecule has 0 fully saturated rings. The van der Waals surface area contributed by atoms with Crippen molar-refractivity contribution >= 4 is 0 Å². The number of benzene rings is 2. The Morgan fingerprint density at radius 3 is 2.23 bits per heavy atom. The number of rotatable bonds is 11. The average Bonchev–Trinajstić information content (AvgIpc) is 3.21. The van der Waals surface area contributed by atoms with E-state index in [1.54, 1.807) is 6.07 Å². The molecule has 0 radical (unpaired) electrons. The maximum absolute atomic E-state index is 10.2. The number of pyridine rings is 1. The molecule has 4 rings (SSSR count). The molecule has 0 atom stereocenters. The normalized spacial score (nSPS) is 13.6. The quantitative estimate of drug-likeness (QED) is 0.428. The standard InChI is InChI=1S/C27H33N3O/c31-27-15-6-5-13-25(27)21-30(22-26-14-7-8-16-28-26)18-10-2-1-9-17-29-19-23-11-3-4-12-24(23)20-29/h3-8,11-16,31H,1-2,9-10,17-22H2. The molecule has 31 heavy (non-hydrogen) atoms. The summed E-state index contributed by atoms with van der Waals surface area (Å²) < 4.78 is 0. The maximum atomic E-state index is 10.2. The van der Waals surface area contributed by atoms with Gasteiger partial charge >= 0.3 is 0 Å². The predicted octanol–water partition coefficient (Wildman–Crippen LogP) is 5.37. The maximum Gasteiger partial charge on any atom is 0.120 e. The van der Waals surface area contributed by atoms with Crippen molar-refractivity contribution in [3.63, 3.8) is 0 Å². The second-order valence-corrected chi connectivity index (χ2v) is 8.55. The number of fused-ring (bicyclic) bond motifs is 1. The van der Waals surface area contributed by atoms with Crippen molar-refractivity contribution in [3.8, 4) is 5.75 Å². The van der Waals surface area contributed by atoms with E-state index in [0.717, 1.165) is 44.0 Å². The van der Waals surface area contributed by atoms with Crippen LogP contribution < -0.4 is 0 Å². The van der Waals surface area contributed by atoms with Crippen molar-refractivity contribution in [2.45, 2.75) is 51.9 Å². The zero-order valence-corrected chi connectivity index (χ0v) is 18.3. The van der Waals surface area contributed by atoms with E-state index in [-0.39, 0.29) is 0 Å². The van der Waals surface area contributed by atoms with Gasteiger partial charge in [0.15, 0.2) is 0 Å². The molecule has 1 aromatic heterocycles. The van der Waals surface area contributed by atoms with E-state index in [0.29, 0.717) is 5.75 Å². The highest BCUT2D eigenvalue weighted by Crippen LogP contribution is 2.23. The summed E-state index contributed by atoms with van der Waals surface area (Å²) >= 11 is 0. The van der Waals surface area contributed by atoms with Gasteiger partial charge in [0.05, 0.1) is 5.69 Å². The van der Waals surface area contributed by atoms with Crippen LogP contribution in [0.2, 0.25) is 0 Å². The number of phenolic OH excluding ortho intramolecular Hbond substituents is 1. The van der Waals surface area contributed by atoms with Crippen LogP contribution in [0.5, 0.6) is 5.75 Å². The Balaban J connectivity index is 1.20. The van der Waals surface area contributed by atoms with Gasteiger partial charge in [0, 0.05) is 37.9 Å². The molecular weight excluding hydrogens is 382 g/mol. The molecule has 0 unspecified atom stereocenters. The van der Waals surface area contributed by atoms with Crippen LogP contribution in [0.4, 0.5) is 0 Å². The fourth-order valence-electron chi connectivity index (χ4n) is 4.41. The summed E-state index contributed by atoms with van der Waals surface area (Å²) in [6.45, 7) is 5.96. The van der Waals surface area contributed by atoms with Crippen LogP contribution in [0.15, 0.2) is 72.9 Å². The fourth-order valence-corrected chi connectivity index (χ4v) is 4.41. The molecule has 0 saturated heterocycles. The van der Waals surface area contributed by atoms with E-state index >= 15 is 0 Å². The summed E-state index contributed by atoms with van der Waals surface area (Å²) in [6, 6.07) is 22.5. The fraction of sp³-hybridized carbons (Fsp3) is 0.370. The van der Waals surface area contributed by atoms with E-state index in [1.165, 1.54) is 43.4 Å². The number of hydrogen-bond donors (Lipinski definition) is 1. The third-order valence-corrected chi connectivity index (χ3v) is 6.10. The number of aromatic hydroxyl groups is 1. The molecule has 0 saturated carbocycles. The molecule has 0 bridgehead atoms. The van der Waals surface area contributed by atoms with E-state index in [4.69, 9.17) is 0 Å². The first-order chi connectivity index (χ1) is 15.3. The van der Waals surface area contributed by atoms with E-state index in [2.05, 4.69) is 45.1 Å². The number of unbranched alkanes of at least 4 members (excludes halogenated alkanes) is 3. The van der Waals surface area contributed by atoms with Gasteiger partial charge < -0.3 is 5.11 Å². The predicted molar refractivity (Wildman–Crippen MR) is 125 cm³/mol. The molecule has 2 aromatic carbocycles. The van der Waals surface area contributed by atoms with Crippen molar-refractivity contribution in [3.05, 3.63) is 95.3 Å². The first kappa shape index (κ1) is 21.5. The first-order valence-corrected chi connectivity index (χ1v) is 11.5. The highest BCUT2D eigenvalue weighted by atomic mass is 16.3. The van der Waals surface area contributed by atoms with Crippen molar-refractivity contribution in [1.82, 2.24) is 14.8 Å². The van der Waals surface area contributed by atoms with Crippen molar-refractivity contribution in [2.24, 2.45) is 0 Å². The molecule has 162 valence electrons. The summed E-state index contributed by atoms with van der Waals surface area (Å²) in [6.07, 6.45) is 6.78. The van der Waals surface area contributed by atoms with Gasteiger partial charge in [-0.15, -0.1) is 0 Å². The number of para-hydroxylation sites is 1. The van der Waals surface area contributed by atoms with Crippen molar-refractivity contribution < 1.29 is 5.11 Å². The van der Waals surface area contributed by atoms with Crippen LogP contribution >= 0.6 is 0 Å². The van der Waals surface area contributed by atoms with Crippen molar-refractivity contribution in [1.29, 1.82) is 0 Å². The third-order valence-electron chi connectivity index (χ3n) is 6.10. The number of hydrogen-bond acceptors (Lipinski definition) is 4. The Kier molecular flexibility index (Phi) is 7.70. The molecular formula is C27H33N3O. The smallest absolute Gasteiger partial charge is 0.120 e. The molecule has 1 aliphatic rings. The molecule has 4 heteroatoms. The zero-order chi connectivity index (χ0) is 21.3. The second kappa shape index (κ2) is 11.1. The lowest BCUT2D eigenvalue weighted by Crippen LogP contribution is -2.24. The highest BCUT2D eigenvalue weighted by Gasteiger charge is 2.17. The van der Waals surface area contributed by atoms with Gasteiger partial charge in [-0.25, -0.2) is 0 Å². The first-order valence-electron chi connectivity index (χ1n) is 11.5. The number of nitrogens with zero attached hydrogens (tertiary/aromatic N) is 3. The summed E-state index contributed by atoms with van der Waals surface area (Å²) in [7, 11) is 0. The van der Waals surface area contributed by atoms with Gasteiger partial charge in [-0.05, 0) is 55.3 Å². The molecule has 0 aliphatic carbocycles. The van der Waals surface area contributed by atoms with E-state index in [1.807, 2.05) is 36.5 Å². The molecule has 0 spiro atoms. The minimum absolute atomic E-state index is 0.375. The second-order valence-electron chi connectivity index (χ2n) is 8.55. The van der Waals surface area contributed by atoms with Gasteiger partial charge in [-0.1, -0.05) is 61.4 Å². The van der Waals surface area contributed by atoms with Gasteiger partial charge in [-0.2, -0.15) is 0 Å². The van der Waals surface area contributed by atoms with Crippen LogP contribution in [-0.2, 0) is 26.2 Å². The number of aromatic nitrogens is 1. The summed E-state index contributed by atoms with van der Waals surface area (Å²) in [5.41, 5.74) is 5.05. The SMILES string of the molecule is Oc1ccccc1CN(CCCCCCN1Cc2ccccc2C1)Cc1ccccn1. The average molecular weight is 416 g/mol. The van der Waals surface area contributed by atoms with Crippen LogP contribution in [-0.4, -0.2) is 33.0 Å². The lowest BCUT2D eigenvalue weighted by molar-refractivity contribution is 0.241. The monoisotopic (exact) mass is 415 g/mol. The molecule has 1 N–H and O–H groups in total. The highest BCUT2D eigenvalue weighted by molar-refractivity contribution is 5.32. The Morgan fingerprint density at radius 1 is 0.774 bits per heavy atom. The largest absolute Gasteiger partial charge is 0.508 e. The lowest BCUT2D eigenvalue weighted by atomic mass is 10.1. The summed E-state index contributed by atoms with van der Waals surface area (Å²) in [5, 5.41) is 10.2. The molecule has 1 aliphatic heterocycles. The van der Waals surface area contributed by atoms with Crippen LogP contribution in [0, 0.1) is 0 Å². The minimum atomic E-state index is 0.375. The summed E-state index contributed by atoms with van der Waals surface area (Å²) in [5.74, 6) is 0.375. The Morgan fingerprint density at radius 2 is 1.48 bits per heavy atom. The lowest BCUT2D eigenvalue weighted by Gasteiger charge is -2.22. The van der Waals surface area contributed by atoms with Crippen LogP contribution in [0.1, 0.15) is 48.1 Å². The van der Waals surface area contributed by atoms with E-state index < -0.39 is 0 Å². The number of phenols is 1. The molecule has 4 nitrogen and oxygen atoms in total. The van der Waals surface area contributed by atoms with Gasteiger partial charge in [-0.3, -0.25) is 14.8 Å². The van der Waals surface area contributed by atoms with Gasteiger partial charge in [0.2, 0.25) is 0 Å². The third kappa shape index (κ3) is 6.39. The van der Waals surface area contributed by atoms with Gasteiger partial charge in [0.1, 0.15) is 5.75 Å². The Bertz CT molecular complexity index is 919. The molecule has 3 aromatic rings. The van der Waals surface area contributed by atoms with Crippen molar-refractivity contribution in [2.75, 3.05) is 13.1 Å².